The molecule has 0 aliphatic carbocycles. The Bertz CT molecular complexity index is 566. The van der Waals surface area contributed by atoms with Gasteiger partial charge in [-0.2, -0.15) is 0 Å². The normalized spacial score (nSPS) is 12.4. The lowest BCUT2D eigenvalue weighted by Gasteiger charge is -2.16. The highest BCUT2D eigenvalue weighted by Crippen LogP contribution is 2.27. The first kappa shape index (κ1) is 15.2. The van der Waals surface area contributed by atoms with Gasteiger partial charge in [-0.25, -0.2) is 4.39 Å². The van der Waals surface area contributed by atoms with E-state index in [1.165, 1.54) is 11.6 Å². The summed E-state index contributed by atoms with van der Waals surface area (Å²) in [7, 11) is 0. The summed E-state index contributed by atoms with van der Waals surface area (Å²) in [5, 5.41) is 3.45. The minimum Gasteiger partial charge on any atom is -0.310 e. The zero-order valence-electron chi connectivity index (χ0n) is 11.8. The highest BCUT2D eigenvalue weighted by atomic mass is 79.9. The molecule has 0 aliphatic heterocycles. The molecule has 0 aromatic heterocycles. The molecule has 2 aromatic rings. The Morgan fingerprint density at radius 1 is 1.10 bits per heavy atom. The number of benzene rings is 2. The fraction of sp³-hybridized carbons (Fsp3) is 0.294. The molecule has 0 spiro atoms. The van der Waals surface area contributed by atoms with Gasteiger partial charge < -0.3 is 5.32 Å². The molecule has 0 bridgehead atoms. The topological polar surface area (TPSA) is 12.0 Å². The van der Waals surface area contributed by atoms with Gasteiger partial charge in [0.05, 0.1) is 0 Å². The summed E-state index contributed by atoms with van der Waals surface area (Å²) in [4.78, 5) is 0. The monoisotopic (exact) mass is 335 g/mol. The Labute approximate surface area is 128 Å². The minimum atomic E-state index is -0.195. The Kier molecular flexibility index (Phi) is 5.32. The SMILES string of the molecule is CCNC(CC)c1ccc(-c2cc(Br)ccc2F)cc1. The third-order valence-corrected chi connectivity index (χ3v) is 3.90. The van der Waals surface area contributed by atoms with Crippen molar-refractivity contribution in [3.8, 4) is 11.1 Å². The van der Waals surface area contributed by atoms with Crippen molar-refractivity contribution in [1.29, 1.82) is 0 Å². The van der Waals surface area contributed by atoms with Gasteiger partial charge >= 0.3 is 0 Å². The molecular weight excluding hydrogens is 317 g/mol. The van der Waals surface area contributed by atoms with Gasteiger partial charge in [0.25, 0.3) is 0 Å². The second kappa shape index (κ2) is 7.00. The smallest absolute Gasteiger partial charge is 0.131 e. The summed E-state index contributed by atoms with van der Waals surface area (Å²) in [5.74, 6) is -0.195. The van der Waals surface area contributed by atoms with E-state index in [-0.39, 0.29) is 5.82 Å². The maximum atomic E-state index is 13.9. The molecule has 2 aromatic carbocycles. The third-order valence-electron chi connectivity index (χ3n) is 3.41. The molecule has 0 radical (unpaired) electrons. The second-order valence-corrected chi connectivity index (χ2v) is 5.68. The predicted octanol–water partition coefficient (Wildman–Crippen LogP) is 5.32. The molecule has 20 heavy (non-hydrogen) atoms. The van der Waals surface area contributed by atoms with Crippen LogP contribution in [0.1, 0.15) is 31.9 Å². The van der Waals surface area contributed by atoms with Crippen LogP contribution >= 0.6 is 15.9 Å². The van der Waals surface area contributed by atoms with E-state index >= 15 is 0 Å². The van der Waals surface area contributed by atoms with Gasteiger partial charge in [-0.3, -0.25) is 0 Å². The highest BCUT2D eigenvalue weighted by molar-refractivity contribution is 9.10. The van der Waals surface area contributed by atoms with Gasteiger partial charge in [0.1, 0.15) is 5.82 Å². The zero-order valence-corrected chi connectivity index (χ0v) is 13.4. The van der Waals surface area contributed by atoms with Crippen LogP contribution in [0.2, 0.25) is 0 Å². The van der Waals surface area contributed by atoms with Crippen LogP contribution in [-0.4, -0.2) is 6.54 Å². The van der Waals surface area contributed by atoms with Crippen molar-refractivity contribution in [3.05, 3.63) is 58.3 Å². The largest absolute Gasteiger partial charge is 0.310 e. The van der Waals surface area contributed by atoms with Crippen LogP contribution < -0.4 is 5.32 Å². The molecule has 0 amide bonds. The van der Waals surface area contributed by atoms with Crippen LogP contribution in [0.3, 0.4) is 0 Å². The van der Waals surface area contributed by atoms with E-state index in [0.29, 0.717) is 11.6 Å². The third kappa shape index (κ3) is 3.47. The van der Waals surface area contributed by atoms with Gasteiger partial charge in [0, 0.05) is 16.1 Å². The molecule has 106 valence electrons. The molecule has 1 nitrogen and oxygen atoms in total. The average Bonchev–Trinajstić information content (AvgIpc) is 2.47. The number of hydrogen-bond donors (Lipinski definition) is 1. The zero-order chi connectivity index (χ0) is 14.5. The number of nitrogens with one attached hydrogen (secondary N) is 1. The van der Waals surface area contributed by atoms with Crippen molar-refractivity contribution in [2.75, 3.05) is 6.54 Å². The molecule has 1 N–H and O–H groups in total. The van der Waals surface area contributed by atoms with Crippen LogP contribution in [0.25, 0.3) is 11.1 Å². The summed E-state index contributed by atoms with van der Waals surface area (Å²) < 4.78 is 14.8. The number of halogens is 2. The standard InChI is InChI=1S/C17H19BrFN/c1-3-17(20-4-2)13-7-5-12(6-8-13)15-11-14(18)9-10-16(15)19/h5-11,17,20H,3-4H2,1-2H3. The maximum absolute atomic E-state index is 13.9. The Balaban J connectivity index is 2.30. The molecule has 0 saturated carbocycles. The van der Waals surface area contributed by atoms with Crippen molar-refractivity contribution in [2.45, 2.75) is 26.3 Å². The molecule has 1 unspecified atom stereocenters. The van der Waals surface area contributed by atoms with Gasteiger partial charge in [0.2, 0.25) is 0 Å². The maximum Gasteiger partial charge on any atom is 0.131 e. The van der Waals surface area contributed by atoms with E-state index in [1.807, 2.05) is 18.2 Å². The molecule has 0 heterocycles. The molecule has 0 aliphatic rings. The summed E-state index contributed by atoms with van der Waals surface area (Å²) in [6, 6.07) is 13.5. The van der Waals surface area contributed by atoms with E-state index in [0.717, 1.165) is 23.0 Å². The highest BCUT2D eigenvalue weighted by Gasteiger charge is 2.09. The number of rotatable bonds is 5. The molecule has 3 heteroatoms. The molecule has 0 fully saturated rings. The summed E-state index contributed by atoms with van der Waals surface area (Å²) in [5.41, 5.74) is 2.77. The first-order valence-electron chi connectivity index (χ1n) is 6.94. The summed E-state index contributed by atoms with van der Waals surface area (Å²) in [6.07, 6.45) is 1.04. The van der Waals surface area contributed by atoms with Crippen LogP contribution in [0.15, 0.2) is 46.9 Å². The van der Waals surface area contributed by atoms with E-state index in [1.54, 1.807) is 6.07 Å². The van der Waals surface area contributed by atoms with Crippen molar-refractivity contribution >= 4 is 15.9 Å². The fourth-order valence-electron chi connectivity index (χ4n) is 2.36. The molecule has 1 atom stereocenters. The van der Waals surface area contributed by atoms with Crippen molar-refractivity contribution in [2.24, 2.45) is 0 Å². The van der Waals surface area contributed by atoms with Crippen LogP contribution in [0.4, 0.5) is 4.39 Å². The summed E-state index contributed by atoms with van der Waals surface area (Å²) >= 11 is 3.39. The van der Waals surface area contributed by atoms with Gasteiger partial charge in [0.15, 0.2) is 0 Å². The fourth-order valence-corrected chi connectivity index (χ4v) is 2.72. The summed E-state index contributed by atoms with van der Waals surface area (Å²) in [6.45, 7) is 5.21. The molecule has 2 rings (SSSR count). The van der Waals surface area contributed by atoms with Crippen molar-refractivity contribution in [1.82, 2.24) is 5.32 Å². The van der Waals surface area contributed by atoms with E-state index < -0.39 is 0 Å². The van der Waals surface area contributed by atoms with Crippen LogP contribution in [0.5, 0.6) is 0 Å². The predicted molar refractivity (Wildman–Crippen MR) is 86.2 cm³/mol. The lowest BCUT2D eigenvalue weighted by molar-refractivity contribution is 0.537. The van der Waals surface area contributed by atoms with Gasteiger partial charge in [-0.05, 0) is 42.3 Å². The Hall–Kier alpha value is -1.19. The lowest BCUT2D eigenvalue weighted by Crippen LogP contribution is -2.19. The van der Waals surface area contributed by atoms with Crippen LogP contribution in [-0.2, 0) is 0 Å². The number of hydrogen-bond acceptors (Lipinski definition) is 1. The Morgan fingerprint density at radius 2 is 1.80 bits per heavy atom. The molecular formula is C17H19BrFN. The quantitative estimate of drug-likeness (QED) is 0.780. The van der Waals surface area contributed by atoms with Crippen molar-refractivity contribution < 1.29 is 4.39 Å². The average molecular weight is 336 g/mol. The van der Waals surface area contributed by atoms with E-state index in [9.17, 15) is 4.39 Å². The van der Waals surface area contributed by atoms with Gasteiger partial charge in [-0.15, -0.1) is 0 Å². The first-order valence-corrected chi connectivity index (χ1v) is 7.73. The lowest BCUT2D eigenvalue weighted by atomic mass is 9.99. The van der Waals surface area contributed by atoms with Crippen LogP contribution in [0, 0.1) is 5.82 Å². The van der Waals surface area contributed by atoms with Crippen molar-refractivity contribution in [3.63, 3.8) is 0 Å². The van der Waals surface area contributed by atoms with Gasteiger partial charge in [-0.1, -0.05) is 54.0 Å². The van der Waals surface area contributed by atoms with E-state index in [4.69, 9.17) is 0 Å². The first-order chi connectivity index (χ1) is 9.65. The Morgan fingerprint density at radius 3 is 2.40 bits per heavy atom. The second-order valence-electron chi connectivity index (χ2n) is 4.76. The molecule has 0 saturated heterocycles. The van der Waals surface area contributed by atoms with E-state index in [2.05, 4.69) is 47.2 Å². The minimum absolute atomic E-state index is 0.195.